The number of thiophene rings is 1. The van der Waals surface area contributed by atoms with Gasteiger partial charge in [-0.05, 0) is 72.5 Å². The van der Waals surface area contributed by atoms with Gasteiger partial charge in [-0.1, -0.05) is 0 Å². The number of carbonyl (C=O) groups is 1. The summed E-state index contributed by atoms with van der Waals surface area (Å²) in [5, 5.41) is 0. The lowest BCUT2D eigenvalue weighted by Gasteiger charge is -2.26. The van der Waals surface area contributed by atoms with Crippen LogP contribution in [0.25, 0.3) is 16.5 Å². The number of ether oxygens (including phenoxy) is 3. The average Bonchev–Trinajstić information content (AvgIpc) is 3.68. The van der Waals surface area contributed by atoms with Crippen molar-refractivity contribution in [3.8, 4) is 16.2 Å². The van der Waals surface area contributed by atoms with Gasteiger partial charge < -0.3 is 14.2 Å². The van der Waals surface area contributed by atoms with Crippen molar-refractivity contribution in [2.75, 3.05) is 46.1 Å². The minimum absolute atomic E-state index is 0.220. The van der Waals surface area contributed by atoms with Crippen LogP contribution in [0, 0.1) is 0 Å². The molecule has 10 nitrogen and oxygen atoms in total. The Morgan fingerprint density at radius 2 is 1.90 bits per heavy atom. The van der Waals surface area contributed by atoms with Gasteiger partial charge >= 0.3 is 0 Å². The zero-order valence-corrected chi connectivity index (χ0v) is 23.7. The lowest BCUT2D eigenvalue weighted by molar-refractivity contribution is -0.198. The first kappa shape index (κ1) is 28.5. The second kappa shape index (κ2) is 13.6. The van der Waals surface area contributed by atoms with Crippen molar-refractivity contribution in [2.24, 2.45) is 0 Å². The standard InChI is InChI=1S/C28H33N3O7S2/c32-26(29-38-27-3-1-2-17-37-27)10-4-22-12-13-31(21-22)40(33,34)28-11-9-25(39-28)23-5-7-24(8-6-23)36-20-16-30-14-18-35-19-15-30/h4-13,21,27H,1-3,14-20H2,(H,29,32). The summed E-state index contributed by atoms with van der Waals surface area (Å²) in [6.45, 7) is 5.45. The summed E-state index contributed by atoms with van der Waals surface area (Å²) in [6.07, 6.45) is 8.00. The van der Waals surface area contributed by atoms with Crippen molar-refractivity contribution < 1.29 is 32.3 Å². The van der Waals surface area contributed by atoms with Crippen LogP contribution in [0.2, 0.25) is 0 Å². The second-order valence-corrected chi connectivity index (χ2v) is 12.6. The Morgan fingerprint density at radius 3 is 2.67 bits per heavy atom. The number of hydroxylamine groups is 1. The van der Waals surface area contributed by atoms with E-state index in [1.54, 1.807) is 18.2 Å². The van der Waals surface area contributed by atoms with E-state index in [9.17, 15) is 13.2 Å². The van der Waals surface area contributed by atoms with Crippen LogP contribution < -0.4 is 10.2 Å². The summed E-state index contributed by atoms with van der Waals surface area (Å²) in [5.74, 6) is 0.318. The first-order valence-electron chi connectivity index (χ1n) is 13.3. The number of benzene rings is 1. The number of carbonyl (C=O) groups excluding carboxylic acids is 1. The van der Waals surface area contributed by atoms with Gasteiger partial charge in [-0.3, -0.25) is 9.69 Å². The third kappa shape index (κ3) is 7.59. The van der Waals surface area contributed by atoms with Gasteiger partial charge in [0.2, 0.25) is 0 Å². The molecule has 0 saturated carbocycles. The first-order chi connectivity index (χ1) is 19.5. The van der Waals surface area contributed by atoms with Gasteiger partial charge in [-0.2, -0.15) is 8.42 Å². The maximum Gasteiger partial charge on any atom is 0.277 e. The average molecular weight is 588 g/mol. The van der Waals surface area contributed by atoms with E-state index in [0.29, 0.717) is 18.8 Å². The van der Waals surface area contributed by atoms with E-state index in [4.69, 9.17) is 19.0 Å². The smallest absolute Gasteiger partial charge is 0.277 e. The summed E-state index contributed by atoms with van der Waals surface area (Å²) >= 11 is 1.20. The van der Waals surface area contributed by atoms with E-state index < -0.39 is 22.2 Å². The zero-order valence-electron chi connectivity index (χ0n) is 22.1. The van der Waals surface area contributed by atoms with E-state index in [-0.39, 0.29) is 4.21 Å². The largest absolute Gasteiger partial charge is 0.492 e. The fraction of sp³-hybridized carbons (Fsp3) is 0.393. The van der Waals surface area contributed by atoms with Gasteiger partial charge in [0.05, 0.1) is 13.2 Å². The summed E-state index contributed by atoms with van der Waals surface area (Å²) in [4.78, 5) is 20.4. The molecule has 1 unspecified atom stereocenters. The Balaban J connectivity index is 1.14. The van der Waals surface area contributed by atoms with Crippen LogP contribution in [0.15, 0.2) is 65.1 Å². The second-order valence-electron chi connectivity index (χ2n) is 9.44. The molecule has 2 aromatic heterocycles. The van der Waals surface area contributed by atoms with E-state index in [0.717, 1.165) is 72.3 Å². The van der Waals surface area contributed by atoms with E-state index in [1.807, 2.05) is 24.3 Å². The van der Waals surface area contributed by atoms with Crippen molar-refractivity contribution in [3.63, 3.8) is 0 Å². The third-order valence-corrected chi connectivity index (χ3v) is 9.82. The Labute approximate surface area is 238 Å². The number of hydrogen-bond donors (Lipinski definition) is 1. The van der Waals surface area contributed by atoms with Crippen LogP contribution in [0.4, 0.5) is 0 Å². The molecule has 0 spiro atoms. The van der Waals surface area contributed by atoms with Gasteiger partial charge in [0.1, 0.15) is 16.6 Å². The molecule has 5 rings (SSSR count). The number of amides is 1. The van der Waals surface area contributed by atoms with Gasteiger partial charge in [-0.25, -0.2) is 14.3 Å². The fourth-order valence-corrected chi connectivity index (χ4v) is 6.95. The van der Waals surface area contributed by atoms with Crippen LogP contribution in [0.1, 0.15) is 24.8 Å². The molecule has 2 aliphatic heterocycles. The first-order valence-corrected chi connectivity index (χ1v) is 15.6. The highest BCUT2D eigenvalue weighted by Gasteiger charge is 2.20. The third-order valence-electron chi connectivity index (χ3n) is 6.58. The number of nitrogens with zero attached hydrogens (tertiary/aromatic N) is 2. The predicted molar refractivity (Wildman–Crippen MR) is 151 cm³/mol. The summed E-state index contributed by atoms with van der Waals surface area (Å²) in [7, 11) is -3.78. The predicted octanol–water partition coefficient (Wildman–Crippen LogP) is 3.75. The van der Waals surface area contributed by atoms with Crippen molar-refractivity contribution in [1.29, 1.82) is 0 Å². The Kier molecular flexibility index (Phi) is 9.68. The number of rotatable bonds is 11. The fourth-order valence-electron chi connectivity index (χ4n) is 4.33. The summed E-state index contributed by atoms with van der Waals surface area (Å²) < 4.78 is 44.4. The lowest BCUT2D eigenvalue weighted by atomic mass is 10.2. The molecule has 2 saturated heterocycles. The molecular weight excluding hydrogens is 554 g/mol. The molecule has 12 heteroatoms. The summed E-state index contributed by atoms with van der Waals surface area (Å²) in [6, 6.07) is 12.7. The monoisotopic (exact) mass is 587 g/mol. The van der Waals surface area contributed by atoms with Crippen molar-refractivity contribution in [2.45, 2.75) is 29.8 Å². The molecular formula is C28H33N3O7S2. The number of aromatic nitrogens is 1. The molecule has 1 aromatic carbocycles. The molecule has 214 valence electrons. The molecule has 1 amide bonds. The molecule has 4 heterocycles. The summed E-state index contributed by atoms with van der Waals surface area (Å²) in [5.41, 5.74) is 3.82. The molecule has 1 N–H and O–H groups in total. The SMILES string of the molecule is O=C(C=Cc1ccn(S(=O)(=O)c2ccc(-c3ccc(OCCN4CCOCC4)cc3)s2)c1)NOC1CCCCO1. The van der Waals surface area contributed by atoms with Crippen LogP contribution in [0.3, 0.4) is 0 Å². The number of nitrogens with one attached hydrogen (secondary N) is 1. The topological polar surface area (TPSA) is 108 Å². The Bertz CT molecular complexity index is 1390. The van der Waals surface area contributed by atoms with E-state index in [1.165, 1.54) is 35.9 Å². The van der Waals surface area contributed by atoms with Crippen LogP contribution >= 0.6 is 11.3 Å². The maximum absolute atomic E-state index is 13.2. The van der Waals surface area contributed by atoms with Crippen molar-refractivity contribution >= 4 is 33.3 Å². The van der Waals surface area contributed by atoms with Crippen molar-refractivity contribution in [1.82, 2.24) is 14.4 Å². The highest BCUT2D eigenvalue weighted by molar-refractivity contribution is 7.92. The van der Waals surface area contributed by atoms with Gasteiger partial charge in [-0.15, -0.1) is 11.3 Å². The lowest BCUT2D eigenvalue weighted by Crippen LogP contribution is -2.38. The Hall–Kier alpha value is -3.00. The minimum atomic E-state index is -3.78. The highest BCUT2D eigenvalue weighted by atomic mass is 32.2. The quantitative estimate of drug-likeness (QED) is 0.267. The highest BCUT2D eigenvalue weighted by Crippen LogP contribution is 2.33. The molecule has 2 fully saturated rings. The van der Waals surface area contributed by atoms with Gasteiger partial charge in [0.25, 0.3) is 15.9 Å². The van der Waals surface area contributed by atoms with Gasteiger partial charge in [0.15, 0.2) is 6.29 Å². The maximum atomic E-state index is 13.2. The molecule has 0 aliphatic carbocycles. The normalized spacial score (nSPS) is 18.6. The van der Waals surface area contributed by atoms with E-state index >= 15 is 0 Å². The van der Waals surface area contributed by atoms with Gasteiger partial charge in [0, 0.05) is 56.0 Å². The number of hydrogen-bond acceptors (Lipinski definition) is 9. The molecule has 0 radical (unpaired) electrons. The Morgan fingerprint density at radius 1 is 1.07 bits per heavy atom. The molecule has 2 aliphatic rings. The molecule has 3 aromatic rings. The van der Waals surface area contributed by atoms with Crippen LogP contribution in [-0.4, -0.2) is 75.5 Å². The van der Waals surface area contributed by atoms with Crippen molar-refractivity contribution in [3.05, 3.63) is 66.5 Å². The molecule has 40 heavy (non-hydrogen) atoms. The molecule has 1 atom stereocenters. The zero-order chi connectivity index (χ0) is 27.8. The molecule has 0 bridgehead atoms. The number of morpholine rings is 1. The van der Waals surface area contributed by atoms with E-state index in [2.05, 4.69) is 10.4 Å². The minimum Gasteiger partial charge on any atom is -0.492 e. The van der Waals surface area contributed by atoms with Crippen LogP contribution in [-0.2, 0) is 29.1 Å². The van der Waals surface area contributed by atoms with Crippen LogP contribution in [0.5, 0.6) is 5.75 Å².